The number of aromatic nitrogens is 2. The molecule has 0 radical (unpaired) electrons. The molecule has 0 N–H and O–H groups in total. The van der Waals surface area contributed by atoms with Gasteiger partial charge in [0.05, 0.1) is 26.3 Å². The summed E-state index contributed by atoms with van der Waals surface area (Å²) in [5.74, 6) is 2.40. The van der Waals surface area contributed by atoms with Crippen LogP contribution in [0.4, 0.5) is 5.82 Å². The largest absolute Gasteiger partial charge is 0.493 e. The highest BCUT2D eigenvalue weighted by molar-refractivity contribution is 5.93. The normalized spacial score (nSPS) is 13.6. The highest BCUT2D eigenvalue weighted by atomic mass is 16.5. The Bertz CT molecular complexity index is 1330. The molecule has 4 aromatic rings. The fraction of sp³-hybridized carbons (Fsp3) is 0.333. The van der Waals surface area contributed by atoms with Gasteiger partial charge in [0.15, 0.2) is 11.5 Å². The Morgan fingerprint density at radius 2 is 1.53 bits per heavy atom. The SMILES string of the molecule is COc1ccc(CCOc2nc(N3CCCCC3)c3cc(-c4ccc(C)cc4)ccc3n2)cc1OC. The minimum absolute atomic E-state index is 0.423. The number of benzene rings is 3. The van der Waals surface area contributed by atoms with E-state index in [-0.39, 0.29) is 0 Å². The fourth-order valence-corrected chi connectivity index (χ4v) is 4.72. The van der Waals surface area contributed by atoms with Crippen LogP contribution in [0.5, 0.6) is 17.5 Å². The standard InChI is InChI=1S/C30H33N3O3/c1-21-7-10-23(11-8-21)24-12-13-26-25(20-24)29(33-16-5-4-6-17-33)32-30(31-26)36-18-15-22-9-14-27(34-2)28(19-22)35-3/h7-14,19-20H,4-6,15-18H2,1-3H3. The van der Waals surface area contributed by atoms with E-state index in [1.165, 1.54) is 36.0 Å². The molecule has 186 valence electrons. The number of rotatable bonds is 8. The van der Waals surface area contributed by atoms with Crippen LogP contribution in [0.1, 0.15) is 30.4 Å². The minimum Gasteiger partial charge on any atom is -0.493 e. The van der Waals surface area contributed by atoms with Gasteiger partial charge in [-0.15, -0.1) is 0 Å². The molecule has 2 heterocycles. The number of anilines is 1. The molecule has 0 unspecified atom stereocenters. The van der Waals surface area contributed by atoms with Gasteiger partial charge < -0.3 is 19.1 Å². The molecule has 0 amide bonds. The molecule has 6 nitrogen and oxygen atoms in total. The first kappa shape index (κ1) is 23.9. The Balaban J connectivity index is 1.42. The summed E-state index contributed by atoms with van der Waals surface area (Å²) < 4.78 is 16.8. The van der Waals surface area contributed by atoms with Gasteiger partial charge in [-0.05, 0) is 67.1 Å². The molecule has 6 heteroatoms. The first-order valence-electron chi connectivity index (χ1n) is 12.6. The molecule has 3 aromatic carbocycles. The van der Waals surface area contributed by atoms with Crippen molar-refractivity contribution in [3.63, 3.8) is 0 Å². The zero-order valence-corrected chi connectivity index (χ0v) is 21.3. The predicted octanol–water partition coefficient (Wildman–Crippen LogP) is 6.23. The monoisotopic (exact) mass is 483 g/mol. The van der Waals surface area contributed by atoms with E-state index in [0.717, 1.165) is 41.1 Å². The Morgan fingerprint density at radius 1 is 0.778 bits per heavy atom. The Morgan fingerprint density at radius 3 is 2.28 bits per heavy atom. The molecule has 0 bridgehead atoms. The van der Waals surface area contributed by atoms with Crippen LogP contribution in [0.25, 0.3) is 22.0 Å². The molecular weight excluding hydrogens is 450 g/mol. The summed E-state index contributed by atoms with van der Waals surface area (Å²) in [6, 6.07) is 21.4. The fourth-order valence-electron chi connectivity index (χ4n) is 4.72. The van der Waals surface area contributed by atoms with Crippen molar-refractivity contribution in [2.45, 2.75) is 32.6 Å². The third-order valence-corrected chi connectivity index (χ3v) is 6.77. The van der Waals surface area contributed by atoms with Crippen molar-refractivity contribution >= 4 is 16.7 Å². The number of fused-ring (bicyclic) bond motifs is 1. The lowest BCUT2D eigenvalue weighted by atomic mass is 10.0. The third kappa shape index (κ3) is 5.23. The number of hydrogen-bond acceptors (Lipinski definition) is 6. The van der Waals surface area contributed by atoms with Crippen LogP contribution in [-0.4, -0.2) is 43.9 Å². The maximum Gasteiger partial charge on any atom is 0.318 e. The van der Waals surface area contributed by atoms with Gasteiger partial charge in [-0.1, -0.05) is 42.0 Å². The average molecular weight is 484 g/mol. The summed E-state index contributed by atoms with van der Waals surface area (Å²) in [6.45, 7) is 4.60. The molecule has 0 saturated carbocycles. The zero-order chi connectivity index (χ0) is 24.9. The number of nitrogens with zero attached hydrogens (tertiary/aromatic N) is 3. The van der Waals surface area contributed by atoms with Gasteiger partial charge in [0, 0.05) is 24.9 Å². The molecule has 36 heavy (non-hydrogen) atoms. The zero-order valence-electron chi connectivity index (χ0n) is 21.3. The molecule has 0 atom stereocenters. The highest BCUT2D eigenvalue weighted by Gasteiger charge is 2.18. The molecular formula is C30H33N3O3. The summed E-state index contributed by atoms with van der Waals surface area (Å²) >= 11 is 0. The van der Waals surface area contributed by atoms with Crippen LogP contribution < -0.4 is 19.1 Å². The van der Waals surface area contributed by atoms with Crippen LogP contribution in [-0.2, 0) is 6.42 Å². The maximum atomic E-state index is 6.09. The van der Waals surface area contributed by atoms with E-state index < -0.39 is 0 Å². The second kappa shape index (κ2) is 10.9. The first-order chi connectivity index (χ1) is 17.6. The van der Waals surface area contributed by atoms with Gasteiger partial charge in [0.1, 0.15) is 5.82 Å². The van der Waals surface area contributed by atoms with Crippen LogP contribution in [0.3, 0.4) is 0 Å². The van der Waals surface area contributed by atoms with Gasteiger partial charge >= 0.3 is 6.01 Å². The number of ether oxygens (including phenoxy) is 3. The maximum absolute atomic E-state index is 6.09. The lowest BCUT2D eigenvalue weighted by Gasteiger charge is -2.29. The lowest BCUT2D eigenvalue weighted by molar-refractivity contribution is 0.297. The summed E-state index contributed by atoms with van der Waals surface area (Å²) in [5, 5.41) is 1.07. The van der Waals surface area contributed by atoms with E-state index in [2.05, 4.69) is 54.3 Å². The summed E-state index contributed by atoms with van der Waals surface area (Å²) in [7, 11) is 3.29. The number of piperidine rings is 1. The third-order valence-electron chi connectivity index (χ3n) is 6.77. The number of methoxy groups -OCH3 is 2. The van der Waals surface area contributed by atoms with Crippen LogP contribution in [0, 0.1) is 6.92 Å². The molecule has 1 aromatic heterocycles. The van der Waals surface area contributed by atoms with Crippen molar-refractivity contribution in [1.82, 2.24) is 9.97 Å². The second-order valence-corrected chi connectivity index (χ2v) is 9.26. The van der Waals surface area contributed by atoms with E-state index in [1.807, 2.05) is 18.2 Å². The van der Waals surface area contributed by atoms with Crippen LogP contribution in [0.15, 0.2) is 60.7 Å². The summed E-state index contributed by atoms with van der Waals surface area (Å²) in [6.07, 6.45) is 4.34. The smallest absolute Gasteiger partial charge is 0.318 e. The minimum atomic E-state index is 0.423. The molecule has 1 fully saturated rings. The van der Waals surface area contributed by atoms with Gasteiger partial charge in [0.25, 0.3) is 0 Å². The van der Waals surface area contributed by atoms with Gasteiger partial charge in [0.2, 0.25) is 0 Å². The quantitative estimate of drug-likeness (QED) is 0.296. The topological polar surface area (TPSA) is 56.7 Å². The Labute approximate surface area is 212 Å². The van der Waals surface area contributed by atoms with E-state index in [0.29, 0.717) is 24.8 Å². The van der Waals surface area contributed by atoms with Crippen molar-refractivity contribution in [3.05, 3.63) is 71.8 Å². The lowest BCUT2D eigenvalue weighted by Crippen LogP contribution is -2.30. The number of hydrogen-bond donors (Lipinski definition) is 0. The van der Waals surface area contributed by atoms with Crippen molar-refractivity contribution in [3.8, 4) is 28.6 Å². The van der Waals surface area contributed by atoms with Gasteiger partial charge in [-0.2, -0.15) is 9.97 Å². The van der Waals surface area contributed by atoms with E-state index >= 15 is 0 Å². The van der Waals surface area contributed by atoms with Crippen molar-refractivity contribution < 1.29 is 14.2 Å². The van der Waals surface area contributed by atoms with E-state index in [1.54, 1.807) is 14.2 Å². The molecule has 1 aliphatic heterocycles. The Kier molecular flexibility index (Phi) is 7.21. The molecule has 5 rings (SSSR count). The molecule has 1 saturated heterocycles. The first-order valence-corrected chi connectivity index (χ1v) is 12.6. The molecule has 0 aliphatic carbocycles. The van der Waals surface area contributed by atoms with Crippen LogP contribution in [0.2, 0.25) is 0 Å². The van der Waals surface area contributed by atoms with Crippen molar-refractivity contribution in [2.75, 3.05) is 38.8 Å². The summed E-state index contributed by atoms with van der Waals surface area (Å²) in [5.41, 5.74) is 5.63. The van der Waals surface area contributed by atoms with Gasteiger partial charge in [-0.25, -0.2) is 0 Å². The van der Waals surface area contributed by atoms with Crippen molar-refractivity contribution in [2.24, 2.45) is 0 Å². The second-order valence-electron chi connectivity index (χ2n) is 9.26. The van der Waals surface area contributed by atoms with E-state index in [9.17, 15) is 0 Å². The Hall–Kier alpha value is -3.80. The van der Waals surface area contributed by atoms with Gasteiger partial charge in [-0.3, -0.25) is 0 Å². The van der Waals surface area contributed by atoms with Crippen LogP contribution >= 0.6 is 0 Å². The van der Waals surface area contributed by atoms with E-state index in [4.69, 9.17) is 24.2 Å². The van der Waals surface area contributed by atoms with Crippen molar-refractivity contribution in [1.29, 1.82) is 0 Å². The highest BCUT2D eigenvalue weighted by Crippen LogP contribution is 2.32. The summed E-state index contributed by atoms with van der Waals surface area (Å²) in [4.78, 5) is 12.1. The molecule has 0 spiro atoms. The number of aryl methyl sites for hydroxylation is 1. The predicted molar refractivity (Wildman–Crippen MR) is 145 cm³/mol. The molecule has 1 aliphatic rings. The average Bonchev–Trinajstić information content (AvgIpc) is 2.93.